The van der Waals surface area contributed by atoms with Crippen molar-refractivity contribution in [3.63, 3.8) is 0 Å². The molecule has 0 radical (unpaired) electrons. The molecule has 2 atom stereocenters. The lowest BCUT2D eigenvalue weighted by Crippen LogP contribution is -2.19. The number of aromatic nitrogens is 3. The molecule has 1 aliphatic rings. The van der Waals surface area contributed by atoms with Crippen LogP contribution in [0.15, 0.2) is 5.16 Å². The van der Waals surface area contributed by atoms with Gasteiger partial charge in [0.2, 0.25) is 0 Å². The van der Waals surface area contributed by atoms with E-state index in [1.54, 1.807) is 0 Å². The number of carboxylic acids is 1. The molecule has 1 saturated carbocycles. The Bertz CT molecular complexity index is 447. The average Bonchev–Trinajstić information content (AvgIpc) is 2.68. The molecule has 1 aromatic rings. The molecule has 1 aliphatic carbocycles. The van der Waals surface area contributed by atoms with Crippen LogP contribution in [0.3, 0.4) is 0 Å². The summed E-state index contributed by atoms with van der Waals surface area (Å²) in [6, 6.07) is 0. The molecule has 0 amide bonds. The fourth-order valence-electron chi connectivity index (χ4n) is 2.79. The van der Waals surface area contributed by atoms with Gasteiger partial charge < -0.3 is 9.67 Å². The number of nitrogens with zero attached hydrogens (tertiary/aromatic N) is 3. The van der Waals surface area contributed by atoms with E-state index in [-0.39, 0.29) is 5.75 Å². The van der Waals surface area contributed by atoms with E-state index in [9.17, 15) is 4.79 Å². The normalized spacial score (nSPS) is 23.5. The molecular formula is C13H21N3O2S. The summed E-state index contributed by atoms with van der Waals surface area (Å²) in [6.45, 7) is 5.17. The molecule has 1 aromatic heterocycles. The van der Waals surface area contributed by atoms with Crippen LogP contribution in [-0.4, -0.2) is 31.6 Å². The number of carbonyl (C=O) groups is 1. The second kappa shape index (κ2) is 6.41. The van der Waals surface area contributed by atoms with Crippen LogP contribution >= 0.6 is 11.8 Å². The summed E-state index contributed by atoms with van der Waals surface area (Å²) >= 11 is 1.26. The van der Waals surface area contributed by atoms with Crippen molar-refractivity contribution in [2.45, 2.75) is 51.2 Å². The summed E-state index contributed by atoms with van der Waals surface area (Å²) in [6.07, 6.45) is 5.13. The van der Waals surface area contributed by atoms with E-state index in [1.165, 1.54) is 37.4 Å². The summed E-state index contributed by atoms with van der Waals surface area (Å²) in [4.78, 5) is 10.6. The smallest absolute Gasteiger partial charge is 0.313 e. The first-order valence-corrected chi connectivity index (χ1v) is 7.79. The van der Waals surface area contributed by atoms with Crippen LogP contribution in [0.1, 0.15) is 38.4 Å². The molecular weight excluding hydrogens is 262 g/mol. The molecule has 19 heavy (non-hydrogen) atoms. The minimum atomic E-state index is -0.816. The Morgan fingerprint density at radius 3 is 2.95 bits per heavy atom. The van der Waals surface area contributed by atoms with Gasteiger partial charge in [-0.15, -0.1) is 10.2 Å². The van der Waals surface area contributed by atoms with E-state index < -0.39 is 5.97 Å². The van der Waals surface area contributed by atoms with Crippen LogP contribution in [0.25, 0.3) is 0 Å². The van der Waals surface area contributed by atoms with Gasteiger partial charge in [0.25, 0.3) is 0 Å². The van der Waals surface area contributed by atoms with Gasteiger partial charge in [0.05, 0.1) is 5.75 Å². The van der Waals surface area contributed by atoms with Crippen molar-refractivity contribution in [3.05, 3.63) is 5.82 Å². The second-order valence-electron chi connectivity index (χ2n) is 5.46. The Balaban J connectivity index is 2.02. The van der Waals surface area contributed by atoms with Gasteiger partial charge in [-0.1, -0.05) is 31.5 Å². The average molecular weight is 283 g/mol. The zero-order valence-corrected chi connectivity index (χ0v) is 12.3. The summed E-state index contributed by atoms with van der Waals surface area (Å²) in [5.41, 5.74) is 0. The van der Waals surface area contributed by atoms with E-state index in [0.29, 0.717) is 5.92 Å². The number of carboxylic acid groups (broad SMARTS) is 1. The van der Waals surface area contributed by atoms with Crippen LogP contribution in [0, 0.1) is 18.8 Å². The van der Waals surface area contributed by atoms with Gasteiger partial charge in [-0.05, 0) is 31.6 Å². The Morgan fingerprint density at radius 2 is 2.26 bits per heavy atom. The molecule has 2 unspecified atom stereocenters. The number of hydrogen-bond donors (Lipinski definition) is 1. The maximum Gasteiger partial charge on any atom is 0.313 e. The second-order valence-corrected chi connectivity index (χ2v) is 6.40. The Kier molecular flexibility index (Phi) is 4.85. The van der Waals surface area contributed by atoms with E-state index in [1.807, 2.05) is 6.92 Å². The lowest BCUT2D eigenvalue weighted by atomic mass is 9.82. The fraction of sp³-hybridized carbons (Fsp3) is 0.769. The highest BCUT2D eigenvalue weighted by atomic mass is 32.2. The zero-order chi connectivity index (χ0) is 13.8. The van der Waals surface area contributed by atoms with Gasteiger partial charge in [0.1, 0.15) is 5.82 Å². The van der Waals surface area contributed by atoms with Crippen molar-refractivity contribution in [2.24, 2.45) is 11.8 Å². The molecule has 1 N–H and O–H groups in total. The third-order valence-corrected chi connectivity index (χ3v) is 4.66. The van der Waals surface area contributed by atoms with Crippen LogP contribution in [0.2, 0.25) is 0 Å². The molecule has 106 valence electrons. The van der Waals surface area contributed by atoms with Gasteiger partial charge in [-0.3, -0.25) is 4.79 Å². The first-order valence-electron chi connectivity index (χ1n) is 6.80. The summed E-state index contributed by atoms with van der Waals surface area (Å²) in [5.74, 6) is 1.57. The first-order chi connectivity index (χ1) is 9.06. The minimum Gasteiger partial charge on any atom is -0.481 e. The van der Waals surface area contributed by atoms with Crippen LogP contribution in [-0.2, 0) is 11.3 Å². The topological polar surface area (TPSA) is 68.0 Å². The predicted octanol–water partition coefficient (Wildman–Crippen LogP) is 2.59. The van der Waals surface area contributed by atoms with Gasteiger partial charge in [-0.25, -0.2) is 0 Å². The summed E-state index contributed by atoms with van der Waals surface area (Å²) in [5, 5.41) is 17.6. The highest BCUT2D eigenvalue weighted by Gasteiger charge is 2.21. The van der Waals surface area contributed by atoms with Crippen molar-refractivity contribution >= 4 is 17.7 Å². The Morgan fingerprint density at radius 1 is 1.47 bits per heavy atom. The highest BCUT2D eigenvalue weighted by Crippen LogP contribution is 2.31. The zero-order valence-electron chi connectivity index (χ0n) is 11.5. The number of aliphatic carboxylic acids is 1. The van der Waals surface area contributed by atoms with Crippen LogP contribution in [0.5, 0.6) is 0 Å². The summed E-state index contributed by atoms with van der Waals surface area (Å²) < 4.78 is 2.08. The Hall–Kier alpha value is -1.04. The molecule has 2 rings (SSSR count). The van der Waals surface area contributed by atoms with Crippen LogP contribution < -0.4 is 0 Å². The SMILES string of the molecule is Cc1nnc(SCC(=O)O)n1CC1CCCC(C)C1. The fourth-order valence-corrected chi connectivity index (χ4v) is 3.50. The number of hydrogen-bond acceptors (Lipinski definition) is 4. The van der Waals surface area contributed by atoms with Crippen molar-refractivity contribution in [3.8, 4) is 0 Å². The lowest BCUT2D eigenvalue weighted by molar-refractivity contribution is -0.133. The largest absolute Gasteiger partial charge is 0.481 e. The minimum absolute atomic E-state index is 0.0409. The maximum atomic E-state index is 10.6. The molecule has 0 spiro atoms. The number of thioether (sulfide) groups is 1. The van der Waals surface area contributed by atoms with Crippen molar-refractivity contribution in [1.82, 2.24) is 14.8 Å². The van der Waals surface area contributed by atoms with Crippen molar-refractivity contribution in [1.29, 1.82) is 0 Å². The molecule has 6 heteroatoms. The van der Waals surface area contributed by atoms with Crippen LogP contribution in [0.4, 0.5) is 0 Å². The molecule has 0 aliphatic heterocycles. The van der Waals surface area contributed by atoms with Gasteiger partial charge in [0.15, 0.2) is 5.16 Å². The van der Waals surface area contributed by atoms with Crippen molar-refractivity contribution < 1.29 is 9.90 Å². The van der Waals surface area contributed by atoms with Gasteiger partial charge in [-0.2, -0.15) is 0 Å². The predicted molar refractivity (Wildman–Crippen MR) is 74.2 cm³/mol. The number of aryl methyl sites for hydroxylation is 1. The maximum absolute atomic E-state index is 10.6. The standard InChI is InChI=1S/C13H21N3O2S/c1-9-4-3-5-11(6-9)7-16-10(2)14-15-13(16)19-8-12(17)18/h9,11H,3-8H2,1-2H3,(H,17,18). The number of rotatable bonds is 5. The monoisotopic (exact) mass is 283 g/mol. The molecule has 0 aromatic carbocycles. The molecule has 1 fully saturated rings. The quantitative estimate of drug-likeness (QED) is 0.841. The van der Waals surface area contributed by atoms with E-state index in [0.717, 1.165) is 23.4 Å². The highest BCUT2D eigenvalue weighted by molar-refractivity contribution is 7.99. The lowest BCUT2D eigenvalue weighted by Gasteiger charge is -2.27. The van der Waals surface area contributed by atoms with E-state index in [2.05, 4.69) is 21.7 Å². The Labute approximate surface area is 117 Å². The van der Waals surface area contributed by atoms with Gasteiger partial charge in [0, 0.05) is 6.54 Å². The van der Waals surface area contributed by atoms with Gasteiger partial charge >= 0.3 is 5.97 Å². The summed E-state index contributed by atoms with van der Waals surface area (Å²) in [7, 11) is 0. The molecule has 0 saturated heterocycles. The molecule has 5 nitrogen and oxygen atoms in total. The van der Waals surface area contributed by atoms with E-state index >= 15 is 0 Å². The van der Waals surface area contributed by atoms with E-state index in [4.69, 9.17) is 5.11 Å². The van der Waals surface area contributed by atoms with Crippen molar-refractivity contribution in [2.75, 3.05) is 5.75 Å². The third kappa shape index (κ3) is 3.96. The third-order valence-electron chi connectivity index (χ3n) is 3.71. The first kappa shape index (κ1) is 14.4. The molecule has 0 bridgehead atoms. The molecule has 1 heterocycles.